The molecule has 2 aromatic rings. The van der Waals surface area contributed by atoms with Crippen molar-refractivity contribution in [2.24, 2.45) is 5.92 Å². The Morgan fingerprint density at radius 2 is 1.93 bits per heavy atom. The van der Waals surface area contributed by atoms with E-state index in [2.05, 4.69) is 28.8 Å². The molecule has 0 bridgehead atoms. The summed E-state index contributed by atoms with van der Waals surface area (Å²) in [5.41, 5.74) is 4.77. The molecule has 2 atom stereocenters. The van der Waals surface area contributed by atoms with Gasteiger partial charge < -0.3 is 15.5 Å². The van der Waals surface area contributed by atoms with Crippen LogP contribution in [0, 0.1) is 5.92 Å². The second kappa shape index (κ2) is 7.53. The lowest BCUT2D eigenvalue weighted by atomic mass is 9.84. The van der Waals surface area contributed by atoms with Crippen molar-refractivity contribution in [3.63, 3.8) is 0 Å². The second-order valence-electron chi connectivity index (χ2n) is 7.43. The monoisotopic (exact) mass is 363 g/mol. The van der Waals surface area contributed by atoms with Crippen LogP contribution >= 0.6 is 0 Å². The number of carbonyl (C=O) groups is 2. The largest absolute Gasteiger partial charge is 0.352 e. The summed E-state index contributed by atoms with van der Waals surface area (Å²) in [4.78, 5) is 26.9. The molecule has 0 radical (unpaired) electrons. The van der Waals surface area contributed by atoms with Crippen molar-refractivity contribution in [3.05, 3.63) is 70.8 Å². The van der Waals surface area contributed by atoms with Crippen molar-refractivity contribution in [1.82, 2.24) is 15.5 Å². The Balaban J connectivity index is 1.48. The van der Waals surface area contributed by atoms with E-state index >= 15 is 0 Å². The van der Waals surface area contributed by atoms with Crippen molar-refractivity contribution in [1.29, 1.82) is 0 Å². The van der Waals surface area contributed by atoms with E-state index in [-0.39, 0.29) is 23.8 Å². The van der Waals surface area contributed by atoms with Gasteiger partial charge in [0, 0.05) is 33.1 Å². The molecule has 1 fully saturated rings. The average molecular weight is 363 g/mol. The lowest BCUT2D eigenvalue weighted by molar-refractivity contribution is -0.141. The minimum atomic E-state index is -0.230. The van der Waals surface area contributed by atoms with Gasteiger partial charge in [0.15, 0.2) is 0 Å². The van der Waals surface area contributed by atoms with E-state index in [9.17, 15) is 9.59 Å². The molecule has 5 heteroatoms. The van der Waals surface area contributed by atoms with E-state index in [1.807, 2.05) is 30.3 Å². The summed E-state index contributed by atoms with van der Waals surface area (Å²) >= 11 is 0. The Morgan fingerprint density at radius 1 is 1.15 bits per heavy atom. The maximum Gasteiger partial charge on any atom is 0.225 e. The highest BCUT2D eigenvalue weighted by atomic mass is 16.2. The molecule has 27 heavy (non-hydrogen) atoms. The molecular weight excluding hydrogens is 338 g/mol. The lowest BCUT2D eigenvalue weighted by Gasteiger charge is -2.38. The fourth-order valence-electron chi connectivity index (χ4n) is 4.20. The fourth-order valence-corrected chi connectivity index (χ4v) is 4.20. The van der Waals surface area contributed by atoms with Gasteiger partial charge in [0.05, 0.1) is 12.0 Å². The molecule has 2 amide bonds. The molecule has 2 heterocycles. The summed E-state index contributed by atoms with van der Waals surface area (Å²) in [5.74, 6) is -0.118. The van der Waals surface area contributed by atoms with Gasteiger partial charge in [0.25, 0.3) is 0 Å². The highest BCUT2D eigenvalue weighted by molar-refractivity contribution is 5.84. The number of nitrogens with zero attached hydrogens (tertiary/aromatic N) is 1. The maximum absolute atomic E-state index is 13.0. The van der Waals surface area contributed by atoms with Crippen molar-refractivity contribution in [3.8, 4) is 0 Å². The van der Waals surface area contributed by atoms with Gasteiger partial charge in [-0.05, 0) is 28.7 Å². The van der Waals surface area contributed by atoms with Crippen LogP contribution in [0.2, 0.25) is 0 Å². The van der Waals surface area contributed by atoms with E-state index in [0.29, 0.717) is 19.4 Å². The van der Waals surface area contributed by atoms with Crippen molar-refractivity contribution < 1.29 is 9.59 Å². The van der Waals surface area contributed by atoms with E-state index in [1.165, 1.54) is 11.1 Å². The van der Waals surface area contributed by atoms with Crippen molar-refractivity contribution in [2.75, 3.05) is 7.05 Å². The predicted molar refractivity (Wildman–Crippen MR) is 104 cm³/mol. The number of fused-ring (bicyclic) bond motifs is 1. The summed E-state index contributed by atoms with van der Waals surface area (Å²) in [6.45, 7) is 2.33. The molecule has 2 N–H and O–H groups in total. The van der Waals surface area contributed by atoms with Gasteiger partial charge in [-0.25, -0.2) is 0 Å². The molecule has 2 aliphatic rings. The molecular formula is C22H25N3O2. The minimum absolute atomic E-state index is 0.0156. The number of likely N-dealkylation sites (tertiary alicyclic amines) is 1. The quantitative estimate of drug-likeness (QED) is 0.877. The Labute approximate surface area is 159 Å². The molecule has 1 saturated heterocycles. The summed E-state index contributed by atoms with van der Waals surface area (Å²) in [7, 11) is 1.80. The summed E-state index contributed by atoms with van der Waals surface area (Å²) in [6.07, 6.45) is 1.01. The first-order valence-corrected chi connectivity index (χ1v) is 9.53. The van der Waals surface area contributed by atoms with Gasteiger partial charge in [-0.1, -0.05) is 48.5 Å². The van der Waals surface area contributed by atoms with Crippen LogP contribution in [-0.2, 0) is 29.2 Å². The fraction of sp³-hybridized carbons (Fsp3) is 0.364. The number of nitrogens with one attached hydrogen (secondary N) is 2. The molecule has 2 unspecified atom stereocenters. The Hall–Kier alpha value is -2.66. The van der Waals surface area contributed by atoms with E-state index in [4.69, 9.17) is 0 Å². The number of rotatable bonds is 4. The van der Waals surface area contributed by atoms with E-state index in [0.717, 1.165) is 24.2 Å². The molecule has 0 spiro atoms. The summed E-state index contributed by atoms with van der Waals surface area (Å²) in [5, 5.41) is 6.44. The molecule has 2 aromatic carbocycles. The summed E-state index contributed by atoms with van der Waals surface area (Å²) < 4.78 is 0. The van der Waals surface area contributed by atoms with Crippen LogP contribution < -0.4 is 10.6 Å². The van der Waals surface area contributed by atoms with Gasteiger partial charge in [-0.2, -0.15) is 0 Å². The van der Waals surface area contributed by atoms with Gasteiger partial charge in [-0.3, -0.25) is 9.59 Å². The van der Waals surface area contributed by atoms with Crippen LogP contribution in [0.25, 0.3) is 0 Å². The SMILES string of the molecule is CN1C(=O)CCC(C(=O)NCc2ccc3c(c2)CNC3)C1c1ccccc1. The van der Waals surface area contributed by atoms with Crippen LogP contribution in [0.1, 0.15) is 41.1 Å². The molecule has 0 aromatic heterocycles. The number of carbonyl (C=O) groups excluding carboxylic acids is 2. The smallest absolute Gasteiger partial charge is 0.225 e. The topological polar surface area (TPSA) is 61.4 Å². The van der Waals surface area contributed by atoms with Crippen LogP contribution in [0.5, 0.6) is 0 Å². The van der Waals surface area contributed by atoms with Crippen LogP contribution in [-0.4, -0.2) is 23.8 Å². The predicted octanol–water partition coefficient (Wildman–Crippen LogP) is 2.52. The van der Waals surface area contributed by atoms with E-state index in [1.54, 1.807) is 11.9 Å². The van der Waals surface area contributed by atoms with Gasteiger partial charge >= 0.3 is 0 Å². The van der Waals surface area contributed by atoms with Gasteiger partial charge in [0.1, 0.15) is 0 Å². The molecule has 0 aliphatic carbocycles. The third-order valence-electron chi connectivity index (χ3n) is 5.71. The molecule has 5 nitrogen and oxygen atoms in total. The maximum atomic E-state index is 13.0. The molecule has 2 aliphatic heterocycles. The first-order valence-electron chi connectivity index (χ1n) is 9.53. The zero-order valence-corrected chi connectivity index (χ0v) is 15.6. The molecule has 4 rings (SSSR count). The van der Waals surface area contributed by atoms with E-state index < -0.39 is 0 Å². The third kappa shape index (κ3) is 3.60. The average Bonchev–Trinajstić information content (AvgIpc) is 3.16. The summed E-state index contributed by atoms with van der Waals surface area (Å²) in [6, 6.07) is 16.0. The number of piperidine rings is 1. The van der Waals surface area contributed by atoms with Gasteiger partial charge in [0.2, 0.25) is 11.8 Å². The van der Waals surface area contributed by atoms with Crippen LogP contribution in [0.4, 0.5) is 0 Å². The van der Waals surface area contributed by atoms with Crippen LogP contribution in [0.3, 0.4) is 0 Å². The number of hydrogen-bond donors (Lipinski definition) is 2. The first-order chi connectivity index (χ1) is 13.1. The highest BCUT2D eigenvalue weighted by Gasteiger charge is 2.38. The highest BCUT2D eigenvalue weighted by Crippen LogP contribution is 2.35. The Morgan fingerprint density at radius 3 is 2.74 bits per heavy atom. The van der Waals surface area contributed by atoms with Gasteiger partial charge in [-0.15, -0.1) is 0 Å². The lowest BCUT2D eigenvalue weighted by Crippen LogP contribution is -2.46. The number of hydrogen-bond acceptors (Lipinski definition) is 3. The van der Waals surface area contributed by atoms with Crippen molar-refractivity contribution >= 4 is 11.8 Å². The Kier molecular flexibility index (Phi) is 4.94. The van der Waals surface area contributed by atoms with Crippen LogP contribution in [0.15, 0.2) is 48.5 Å². The number of amides is 2. The minimum Gasteiger partial charge on any atom is -0.352 e. The standard InChI is InChI=1S/C22H25N3O2/c1-25-20(26)10-9-19(21(25)16-5-3-2-4-6-16)22(27)24-12-15-7-8-17-13-23-14-18(17)11-15/h2-8,11,19,21,23H,9-10,12-14H2,1H3,(H,24,27). The zero-order valence-electron chi connectivity index (χ0n) is 15.6. The molecule has 140 valence electrons. The number of benzene rings is 2. The zero-order chi connectivity index (χ0) is 18.8. The second-order valence-corrected chi connectivity index (χ2v) is 7.43. The van der Waals surface area contributed by atoms with Crippen molar-refractivity contribution in [2.45, 2.75) is 38.5 Å². The third-order valence-corrected chi connectivity index (χ3v) is 5.71. The Bertz CT molecular complexity index is 850. The first kappa shape index (κ1) is 17.7. The normalized spacial score (nSPS) is 21.8. The molecule has 0 saturated carbocycles.